The number of amides is 3. The Morgan fingerprint density at radius 2 is 1.79 bits per heavy atom. The van der Waals surface area contributed by atoms with Gasteiger partial charge in [0, 0.05) is 0 Å². The largest absolute Gasteiger partial charge is 0.493 e. The lowest BCUT2D eigenvalue weighted by molar-refractivity contribution is -0.115. The number of urea groups is 1. The van der Waals surface area contributed by atoms with Crippen molar-refractivity contribution in [1.82, 2.24) is 10.6 Å². The fourth-order valence-electron chi connectivity index (χ4n) is 2.28. The quantitative estimate of drug-likeness (QED) is 0.654. The number of benzene rings is 2. The molecule has 2 aromatic rings. The summed E-state index contributed by atoms with van der Waals surface area (Å²) in [5.74, 6) is 0.691. The Morgan fingerprint density at radius 3 is 2.46 bits per heavy atom. The topological polar surface area (TPSA) is 76.7 Å². The summed E-state index contributed by atoms with van der Waals surface area (Å²) in [6.07, 6.45) is 1.58. The number of imide groups is 1. The standard InChI is InChI=1S/C18H16N2O4/c1-23-15-8-7-13(9-14-17(21)20-18(22)19-14)10-16(15)24-11-12-5-3-2-4-6-12/h2-10H,11H2,1H3,(H2,19,20,21,22)/b14-9-. The summed E-state index contributed by atoms with van der Waals surface area (Å²) in [7, 11) is 1.56. The molecule has 1 aliphatic rings. The monoisotopic (exact) mass is 324 g/mol. The van der Waals surface area contributed by atoms with Crippen LogP contribution in [0.4, 0.5) is 4.79 Å². The number of carbonyl (C=O) groups excluding carboxylic acids is 2. The minimum absolute atomic E-state index is 0.194. The molecule has 0 aliphatic carbocycles. The van der Waals surface area contributed by atoms with Gasteiger partial charge in [-0.1, -0.05) is 36.4 Å². The van der Waals surface area contributed by atoms with Gasteiger partial charge in [0.05, 0.1) is 7.11 Å². The Morgan fingerprint density at radius 1 is 1.00 bits per heavy atom. The Balaban J connectivity index is 1.81. The van der Waals surface area contributed by atoms with Crippen molar-refractivity contribution in [2.45, 2.75) is 6.61 Å². The van der Waals surface area contributed by atoms with E-state index in [0.29, 0.717) is 23.7 Å². The van der Waals surface area contributed by atoms with E-state index in [1.807, 2.05) is 30.3 Å². The number of rotatable bonds is 5. The minimum atomic E-state index is -0.527. The first-order chi connectivity index (χ1) is 11.7. The molecule has 0 unspecified atom stereocenters. The fraction of sp³-hybridized carbons (Fsp3) is 0.111. The van der Waals surface area contributed by atoms with Crippen LogP contribution < -0.4 is 20.1 Å². The number of ether oxygens (including phenoxy) is 2. The average Bonchev–Trinajstić information content (AvgIpc) is 2.91. The summed E-state index contributed by atoms with van der Waals surface area (Å²) >= 11 is 0. The van der Waals surface area contributed by atoms with Crippen LogP contribution in [0.15, 0.2) is 54.2 Å². The number of hydrogen-bond donors (Lipinski definition) is 2. The van der Waals surface area contributed by atoms with Gasteiger partial charge in [0.1, 0.15) is 12.3 Å². The molecular formula is C18H16N2O4. The lowest BCUT2D eigenvalue weighted by Crippen LogP contribution is -2.22. The van der Waals surface area contributed by atoms with Gasteiger partial charge < -0.3 is 14.8 Å². The van der Waals surface area contributed by atoms with Crippen molar-refractivity contribution in [2.75, 3.05) is 7.11 Å². The highest BCUT2D eigenvalue weighted by Gasteiger charge is 2.22. The highest BCUT2D eigenvalue weighted by molar-refractivity contribution is 6.14. The van der Waals surface area contributed by atoms with Crippen LogP contribution in [0.3, 0.4) is 0 Å². The summed E-state index contributed by atoms with van der Waals surface area (Å²) < 4.78 is 11.1. The van der Waals surface area contributed by atoms with Crippen molar-refractivity contribution in [3.8, 4) is 11.5 Å². The zero-order chi connectivity index (χ0) is 16.9. The Labute approximate surface area is 139 Å². The van der Waals surface area contributed by atoms with Gasteiger partial charge in [-0.2, -0.15) is 0 Å². The second kappa shape index (κ2) is 6.87. The van der Waals surface area contributed by atoms with Crippen LogP contribution in [0.25, 0.3) is 6.08 Å². The van der Waals surface area contributed by atoms with Gasteiger partial charge in [0.25, 0.3) is 5.91 Å². The zero-order valence-electron chi connectivity index (χ0n) is 13.0. The number of nitrogens with one attached hydrogen (secondary N) is 2. The zero-order valence-corrected chi connectivity index (χ0v) is 13.0. The Hall–Kier alpha value is -3.28. The van der Waals surface area contributed by atoms with E-state index in [1.54, 1.807) is 31.4 Å². The molecular weight excluding hydrogens is 308 g/mol. The van der Waals surface area contributed by atoms with Crippen molar-refractivity contribution >= 4 is 18.0 Å². The summed E-state index contributed by atoms with van der Waals surface area (Å²) in [6.45, 7) is 0.397. The SMILES string of the molecule is COc1ccc(/C=C2\NC(=O)NC2=O)cc1OCc1ccccc1. The van der Waals surface area contributed by atoms with E-state index in [-0.39, 0.29) is 5.70 Å². The fourth-order valence-corrected chi connectivity index (χ4v) is 2.28. The van der Waals surface area contributed by atoms with Gasteiger partial charge in [-0.15, -0.1) is 0 Å². The molecule has 6 heteroatoms. The van der Waals surface area contributed by atoms with Gasteiger partial charge >= 0.3 is 6.03 Å². The Kier molecular flexibility index (Phi) is 4.47. The highest BCUT2D eigenvalue weighted by atomic mass is 16.5. The van der Waals surface area contributed by atoms with Gasteiger partial charge in [0.2, 0.25) is 0 Å². The Bertz CT molecular complexity index is 800. The molecule has 1 fully saturated rings. The third-order valence-electron chi connectivity index (χ3n) is 3.46. The lowest BCUT2D eigenvalue weighted by atomic mass is 10.1. The third kappa shape index (κ3) is 3.55. The smallest absolute Gasteiger partial charge is 0.326 e. The van der Waals surface area contributed by atoms with Gasteiger partial charge in [-0.3, -0.25) is 10.1 Å². The van der Waals surface area contributed by atoms with Crippen molar-refractivity contribution in [3.05, 3.63) is 65.4 Å². The predicted octanol–water partition coefficient (Wildman–Crippen LogP) is 2.45. The molecule has 0 saturated carbocycles. The maximum Gasteiger partial charge on any atom is 0.326 e. The van der Waals surface area contributed by atoms with E-state index in [9.17, 15) is 9.59 Å². The molecule has 24 heavy (non-hydrogen) atoms. The van der Waals surface area contributed by atoms with Crippen LogP contribution in [-0.4, -0.2) is 19.0 Å². The average molecular weight is 324 g/mol. The molecule has 2 N–H and O–H groups in total. The molecule has 0 atom stereocenters. The van der Waals surface area contributed by atoms with Crippen LogP contribution in [0.1, 0.15) is 11.1 Å². The van der Waals surface area contributed by atoms with Crippen LogP contribution in [0.5, 0.6) is 11.5 Å². The van der Waals surface area contributed by atoms with E-state index in [1.165, 1.54) is 0 Å². The second-order valence-corrected chi connectivity index (χ2v) is 5.15. The molecule has 3 rings (SSSR count). The van der Waals surface area contributed by atoms with Gasteiger partial charge in [0.15, 0.2) is 11.5 Å². The van der Waals surface area contributed by atoms with Gasteiger partial charge in [-0.25, -0.2) is 4.79 Å². The number of hydrogen-bond acceptors (Lipinski definition) is 4. The van der Waals surface area contributed by atoms with Crippen molar-refractivity contribution in [2.24, 2.45) is 0 Å². The maximum atomic E-state index is 11.6. The molecule has 0 spiro atoms. The molecule has 0 aromatic heterocycles. The summed E-state index contributed by atoms with van der Waals surface area (Å²) in [6, 6.07) is 14.5. The molecule has 0 bridgehead atoms. The summed E-state index contributed by atoms with van der Waals surface area (Å²) in [5, 5.41) is 4.61. The van der Waals surface area contributed by atoms with Crippen molar-refractivity contribution in [3.63, 3.8) is 0 Å². The van der Waals surface area contributed by atoms with Crippen LogP contribution in [0.2, 0.25) is 0 Å². The van der Waals surface area contributed by atoms with Crippen molar-refractivity contribution in [1.29, 1.82) is 0 Å². The molecule has 6 nitrogen and oxygen atoms in total. The summed E-state index contributed by atoms with van der Waals surface area (Å²) in [4.78, 5) is 22.7. The molecule has 3 amide bonds. The first kappa shape index (κ1) is 15.6. The second-order valence-electron chi connectivity index (χ2n) is 5.15. The van der Waals surface area contributed by atoms with Crippen LogP contribution in [-0.2, 0) is 11.4 Å². The third-order valence-corrected chi connectivity index (χ3v) is 3.46. The van der Waals surface area contributed by atoms with E-state index in [2.05, 4.69) is 10.6 Å². The minimum Gasteiger partial charge on any atom is -0.493 e. The normalized spacial score (nSPS) is 15.1. The first-order valence-corrected chi connectivity index (χ1v) is 7.34. The highest BCUT2D eigenvalue weighted by Crippen LogP contribution is 2.29. The summed E-state index contributed by atoms with van der Waals surface area (Å²) in [5.41, 5.74) is 1.94. The molecule has 0 radical (unpaired) electrons. The van der Waals surface area contributed by atoms with Gasteiger partial charge in [-0.05, 0) is 29.3 Å². The molecule has 122 valence electrons. The van der Waals surface area contributed by atoms with Crippen LogP contribution in [0, 0.1) is 0 Å². The van der Waals surface area contributed by atoms with E-state index in [4.69, 9.17) is 9.47 Å². The maximum absolute atomic E-state index is 11.6. The van der Waals surface area contributed by atoms with E-state index >= 15 is 0 Å². The molecule has 2 aromatic carbocycles. The van der Waals surface area contributed by atoms with E-state index < -0.39 is 11.9 Å². The molecule has 1 heterocycles. The predicted molar refractivity (Wildman–Crippen MR) is 88.4 cm³/mol. The van der Waals surface area contributed by atoms with Crippen molar-refractivity contribution < 1.29 is 19.1 Å². The number of carbonyl (C=O) groups is 2. The lowest BCUT2D eigenvalue weighted by Gasteiger charge is -2.11. The molecule has 1 aliphatic heterocycles. The first-order valence-electron chi connectivity index (χ1n) is 7.34. The number of methoxy groups -OCH3 is 1. The molecule has 1 saturated heterocycles. The van der Waals surface area contributed by atoms with Crippen LogP contribution >= 0.6 is 0 Å². The van der Waals surface area contributed by atoms with E-state index in [0.717, 1.165) is 5.56 Å².